The van der Waals surface area contributed by atoms with E-state index in [4.69, 9.17) is 0 Å². The van der Waals surface area contributed by atoms with Crippen molar-refractivity contribution in [2.45, 2.75) is 38.4 Å². The van der Waals surface area contributed by atoms with Crippen LogP contribution in [0.5, 0.6) is 0 Å². The van der Waals surface area contributed by atoms with Crippen LogP contribution in [-0.2, 0) is 13.2 Å². The van der Waals surface area contributed by atoms with Crippen molar-refractivity contribution in [3.05, 3.63) is 53.7 Å². The molecule has 0 radical (unpaired) electrons. The smallest absolute Gasteiger partial charge is 0.352 e. The van der Waals surface area contributed by atoms with E-state index in [1.807, 2.05) is 13.0 Å². The molecule has 1 fully saturated rings. The summed E-state index contributed by atoms with van der Waals surface area (Å²) < 4.78 is 68.9. The number of hydrogen-bond acceptors (Lipinski definition) is 6. The van der Waals surface area contributed by atoms with Crippen molar-refractivity contribution in [2.75, 3.05) is 18.4 Å². The molecule has 13 heteroatoms. The van der Waals surface area contributed by atoms with Gasteiger partial charge in [-0.05, 0) is 24.5 Å². The minimum absolute atomic E-state index is 0.0190. The SMILES string of the molecule is Cc1ccc(-c2cn(C)nc2C(=O)N2CC(F)(F)C[C@@H](C)[C@H]2CNc2ncc(C(F)(F)F)cn2)nc1. The second kappa shape index (κ2) is 9.43. The molecule has 0 unspecified atom stereocenters. The molecule has 1 N–H and O–H groups in total. The maximum Gasteiger partial charge on any atom is 0.419 e. The van der Waals surface area contributed by atoms with Gasteiger partial charge >= 0.3 is 6.18 Å². The number of amides is 1. The summed E-state index contributed by atoms with van der Waals surface area (Å²) in [5, 5.41) is 7.01. The van der Waals surface area contributed by atoms with Crippen LogP contribution in [0.15, 0.2) is 36.9 Å². The van der Waals surface area contributed by atoms with E-state index in [-0.39, 0.29) is 18.2 Å². The van der Waals surface area contributed by atoms with Gasteiger partial charge in [0.05, 0.1) is 29.4 Å². The van der Waals surface area contributed by atoms with E-state index < -0.39 is 48.5 Å². The zero-order chi connectivity index (χ0) is 26.3. The molecule has 4 heterocycles. The number of nitrogens with one attached hydrogen (secondary N) is 1. The minimum Gasteiger partial charge on any atom is -0.352 e. The average Bonchev–Trinajstić information content (AvgIpc) is 3.19. The van der Waals surface area contributed by atoms with Crippen molar-refractivity contribution in [1.29, 1.82) is 0 Å². The lowest BCUT2D eigenvalue weighted by molar-refractivity contribution is -0.138. The van der Waals surface area contributed by atoms with Crippen molar-refractivity contribution < 1.29 is 26.7 Å². The predicted octanol–water partition coefficient (Wildman–Crippen LogP) is 4.20. The predicted molar refractivity (Wildman–Crippen MR) is 120 cm³/mol. The second-order valence-corrected chi connectivity index (χ2v) is 9.00. The number of piperidine rings is 1. The highest BCUT2D eigenvalue weighted by atomic mass is 19.4. The molecule has 8 nitrogen and oxygen atoms in total. The van der Waals surface area contributed by atoms with Gasteiger partial charge < -0.3 is 10.2 Å². The van der Waals surface area contributed by atoms with Crippen LogP contribution < -0.4 is 5.32 Å². The third-order valence-corrected chi connectivity index (χ3v) is 6.01. The molecular formula is C23H24F5N7O. The van der Waals surface area contributed by atoms with Gasteiger partial charge in [0.25, 0.3) is 11.8 Å². The van der Waals surface area contributed by atoms with Gasteiger partial charge in [-0.15, -0.1) is 0 Å². The standard InChI is InChI=1S/C23H24F5N7O/c1-13-4-5-17(29-7-13)16-11-34(3)33-19(16)20(36)35-12-22(24,25)6-14(2)18(35)10-32-21-30-8-15(9-31-21)23(26,27)28/h4-5,7-9,11,14,18H,6,10,12H2,1-3H3,(H,30,31,32)/t14-,18-/m1/s1. The van der Waals surface area contributed by atoms with Crippen molar-refractivity contribution in [3.63, 3.8) is 0 Å². The summed E-state index contributed by atoms with van der Waals surface area (Å²) in [4.78, 5) is 26.3. The molecule has 3 aromatic heterocycles. The van der Waals surface area contributed by atoms with E-state index in [0.29, 0.717) is 23.7 Å². The molecule has 2 atom stereocenters. The molecule has 0 aromatic carbocycles. The lowest BCUT2D eigenvalue weighted by Gasteiger charge is -2.43. The fraction of sp³-hybridized carbons (Fsp3) is 0.435. The Morgan fingerprint density at radius 3 is 2.47 bits per heavy atom. The molecule has 0 saturated carbocycles. The van der Waals surface area contributed by atoms with Gasteiger partial charge in [-0.1, -0.05) is 13.0 Å². The van der Waals surface area contributed by atoms with Gasteiger partial charge in [0.15, 0.2) is 5.69 Å². The van der Waals surface area contributed by atoms with E-state index in [0.717, 1.165) is 10.5 Å². The van der Waals surface area contributed by atoms with Gasteiger partial charge in [0.2, 0.25) is 5.95 Å². The van der Waals surface area contributed by atoms with Crippen LogP contribution in [0.25, 0.3) is 11.3 Å². The number of pyridine rings is 1. The van der Waals surface area contributed by atoms with Crippen LogP contribution in [0, 0.1) is 12.8 Å². The molecule has 0 bridgehead atoms. The summed E-state index contributed by atoms with van der Waals surface area (Å²) in [6.07, 6.45) is -0.551. The highest BCUT2D eigenvalue weighted by Gasteiger charge is 2.47. The first kappa shape index (κ1) is 25.5. The number of hydrogen-bond donors (Lipinski definition) is 1. The number of alkyl halides is 5. The van der Waals surface area contributed by atoms with Crippen LogP contribution in [0.3, 0.4) is 0 Å². The van der Waals surface area contributed by atoms with Crippen LogP contribution >= 0.6 is 0 Å². The van der Waals surface area contributed by atoms with E-state index in [1.54, 1.807) is 32.4 Å². The lowest BCUT2D eigenvalue weighted by atomic mass is 9.88. The summed E-state index contributed by atoms with van der Waals surface area (Å²) in [7, 11) is 1.61. The summed E-state index contributed by atoms with van der Waals surface area (Å²) in [6.45, 7) is 2.59. The number of carbonyl (C=O) groups excluding carboxylic acids is 1. The molecule has 1 amide bonds. The first-order chi connectivity index (χ1) is 16.8. The Labute approximate surface area is 203 Å². The van der Waals surface area contributed by atoms with Gasteiger partial charge in [-0.25, -0.2) is 18.7 Å². The number of aromatic nitrogens is 5. The van der Waals surface area contributed by atoms with Crippen molar-refractivity contribution in [1.82, 2.24) is 29.6 Å². The fourth-order valence-corrected chi connectivity index (χ4v) is 4.24. The number of anilines is 1. The largest absolute Gasteiger partial charge is 0.419 e. The molecule has 192 valence electrons. The topological polar surface area (TPSA) is 88.8 Å². The first-order valence-electron chi connectivity index (χ1n) is 11.1. The molecule has 1 saturated heterocycles. The normalized spacial score (nSPS) is 19.8. The number of aryl methyl sites for hydroxylation is 2. The Bertz CT molecular complexity index is 1230. The van der Waals surface area contributed by atoms with Gasteiger partial charge in [0.1, 0.15) is 0 Å². The number of likely N-dealkylation sites (tertiary alicyclic amines) is 1. The maximum atomic E-state index is 14.6. The molecule has 0 aliphatic carbocycles. The quantitative estimate of drug-likeness (QED) is 0.519. The zero-order valence-corrected chi connectivity index (χ0v) is 19.7. The Morgan fingerprint density at radius 1 is 1.17 bits per heavy atom. The Balaban J connectivity index is 1.60. The van der Waals surface area contributed by atoms with E-state index in [2.05, 4.69) is 25.4 Å². The minimum atomic E-state index is -4.59. The third-order valence-electron chi connectivity index (χ3n) is 6.01. The van der Waals surface area contributed by atoms with Crippen LogP contribution in [-0.4, -0.2) is 60.6 Å². The van der Waals surface area contributed by atoms with Gasteiger partial charge in [0, 0.05) is 44.8 Å². The van der Waals surface area contributed by atoms with Gasteiger partial charge in [-0.2, -0.15) is 18.3 Å². The maximum absolute atomic E-state index is 14.6. The number of rotatable bonds is 5. The van der Waals surface area contributed by atoms with Crippen molar-refractivity contribution in [2.24, 2.45) is 13.0 Å². The zero-order valence-electron chi connectivity index (χ0n) is 19.7. The molecule has 4 rings (SSSR count). The average molecular weight is 509 g/mol. The molecule has 1 aliphatic rings. The monoisotopic (exact) mass is 509 g/mol. The fourth-order valence-electron chi connectivity index (χ4n) is 4.24. The number of carbonyl (C=O) groups is 1. The third kappa shape index (κ3) is 5.44. The summed E-state index contributed by atoms with van der Waals surface area (Å²) in [5.74, 6) is -4.56. The second-order valence-electron chi connectivity index (χ2n) is 9.00. The van der Waals surface area contributed by atoms with Crippen molar-refractivity contribution >= 4 is 11.9 Å². The number of halogens is 5. The van der Waals surface area contributed by atoms with E-state index in [1.165, 1.54) is 4.68 Å². The van der Waals surface area contributed by atoms with Crippen LogP contribution in [0.1, 0.15) is 35.0 Å². The van der Waals surface area contributed by atoms with Gasteiger partial charge in [-0.3, -0.25) is 14.5 Å². The molecule has 3 aromatic rings. The van der Waals surface area contributed by atoms with Crippen LogP contribution in [0.4, 0.5) is 27.9 Å². The Hall–Kier alpha value is -3.64. The lowest BCUT2D eigenvalue weighted by Crippen LogP contribution is -2.57. The molecule has 0 spiro atoms. The summed E-state index contributed by atoms with van der Waals surface area (Å²) in [5.41, 5.74) is 0.762. The first-order valence-corrected chi connectivity index (χ1v) is 11.1. The molecular weight excluding hydrogens is 485 g/mol. The van der Waals surface area contributed by atoms with Crippen molar-refractivity contribution in [3.8, 4) is 11.3 Å². The number of nitrogens with zero attached hydrogens (tertiary/aromatic N) is 6. The highest BCUT2D eigenvalue weighted by Crippen LogP contribution is 2.36. The summed E-state index contributed by atoms with van der Waals surface area (Å²) >= 11 is 0. The molecule has 1 aliphatic heterocycles. The summed E-state index contributed by atoms with van der Waals surface area (Å²) in [6, 6.07) is 2.82. The Morgan fingerprint density at radius 2 is 1.86 bits per heavy atom. The molecule has 36 heavy (non-hydrogen) atoms. The Kier molecular flexibility index (Phi) is 6.67. The van der Waals surface area contributed by atoms with Crippen LogP contribution in [0.2, 0.25) is 0 Å². The van der Waals surface area contributed by atoms with E-state index >= 15 is 0 Å². The van der Waals surface area contributed by atoms with E-state index in [9.17, 15) is 26.7 Å². The highest BCUT2D eigenvalue weighted by molar-refractivity contribution is 5.98.